The summed E-state index contributed by atoms with van der Waals surface area (Å²) in [5, 5.41) is 11.7. The van der Waals surface area contributed by atoms with Crippen molar-refractivity contribution in [1.29, 1.82) is 0 Å². The van der Waals surface area contributed by atoms with Crippen LogP contribution in [0.25, 0.3) is 0 Å². The molecule has 0 radical (unpaired) electrons. The van der Waals surface area contributed by atoms with Crippen LogP contribution in [0.4, 0.5) is 0 Å². The maximum Gasteiger partial charge on any atom is 0.253 e. The van der Waals surface area contributed by atoms with Crippen LogP contribution in [0.15, 0.2) is 36.7 Å². The van der Waals surface area contributed by atoms with Gasteiger partial charge in [0.2, 0.25) is 0 Å². The maximum atomic E-state index is 12.4. The third-order valence-corrected chi connectivity index (χ3v) is 3.04. The van der Waals surface area contributed by atoms with Gasteiger partial charge in [0.15, 0.2) is 0 Å². The number of nitrogens with one attached hydrogen (secondary N) is 2. The molecule has 0 aliphatic carbocycles. The molecular weight excluding hydrogens is 266 g/mol. The molecule has 0 fully saturated rings. The number of aliphatic hydroxyl groups is 1. The van der Waals surface area contributed by atoms with E-state index in [0.717, 1.165) is 12.2 Å². The van der Waals surface area contributed by atoms with Crippen molar-refractivity contribution in [3.05, 3.63) is 53.6 Å². The predicted molar refractivity (Wildman–Crippen MR) is 79.5 cm³/mol. The Hall–Kier alpha value is -2.58. The second-order valence-corrected chi connectivity index (χ2v) is 4.41. The Morgan fingerprint density at radius 1 is 1.48 bits per heavy atom. The zero-order chi connectivity index (χ0) is 15.1. The van der Waals surface area contributed by atoms with Crippen LogP contribution in [0.3, 0.4) is 0 Å². The number of benzene rings is 1. The number of carbonyl (C=O) groups excluding carboxylic acids is 1. The number of hydrogen-bond acceptors (Lipinski definition) is 3. The molecule has 5 nitrogen and oxygen atoms in total. The number of aliphatic hydroxyl groups excluding tert-OH is 1. The van der Waals surface area contributed by atoms with Crippen LogP contribution >= 0.6 is 0 Å². The Morgan fingerprint density at radius 2 is 2.29 bits per heavy atom. The second-order valence-electron chi connectivity index (χ2n) is 4.41. The van der Waals surface area contributed by atoms with Gasteiger partial charge in [-0.3, -0.25) is 4.79 Å². The van der Waals surface area contributed by atoms with Gasteiger partial charge in [0.1, 0.15) is 12.4 Å². The van der Waals surface area contributed by atoms with Crippen molar-refractivity contribution in [2.45, 2.75) is 19.4 Å². The first-order chi connectivity index (χ1) is 10.3. The molecule has 0 aliphatic heterocycles. The summed E-state index contributed by atoms with van der Waals surface area (Å²) in [6.45, 7) is 1.74. The standard InChI is InChI=1S/C16H17N3O2/c1-2-14(15-17-9-10-18-15)19-16(21)13-8-4-3-6-12(13)7-5-11-20/h3-4,6,8-10,14,20H,2,11H2,1H3,(H,17,18)(H,19,21). The zero-order valence-electron chi connectivity index (χ0n) is 11.8. The first kappa shape index (κ1) is 14.8. The number of amides is 1. The molecule has 0 saturated heterocycles. The van der Waals surface area contributed by atoms with E-state index in [1.54, 1.807) is 30.6 Å². The molecule has 1 amide bonds. The van der Waals surface area contributed by atoms with Crippen molar-refractivity contribution < 1.29 is 9.90 Å². The highest BCUT2D eigenvalue weighted by molar-refractivity contribution is 5.96. The van der Waals surface area contributed by atoms with Gasteiger partial charge in [-0.1, -0.05) is 30.9 Å². The summed E-state index contributed by atoms with van der Waals surface area (Å²) >= 11 is 0. The zero-order valence-corrected chi connectivity index (χ0v) is 11.8. The minimum atomic E-state index is -0.236. The molecule has 1 aromatic heterocycles. The molecule has 0 aliphatic rings. The fourth-order valence-electron chi connectivity index (χ4n) is 1.99. The van der Waals surface area contributed by atoms with E-state index in [4.69, 9.17) is 5.11 Å². The molecule has 3 N–H and O–H groups in total. The van der Waals surface area contributed by atoms with E-state index in [1.165, 1.54) is 0 Å². The first-order valence-corrected chi connectivity index (χ1v) is 6.75. The SMILES string of the molecule is CCC(NC(=O)c1ccccc1C#CCO)c1ncc[nH]1. The van der Waals surface area contributed by atoms with Crippen LogP contribution in [0.2, 0.25) is 0 Å². The fraction of sp³-hybridized carbons (Fsp3) is 0.250. The van der Waals surface area contributed by atoms with Crippen LogP contribution in [0.5, 0.6) is 0 Å². The summed E-state index contributed by atoms with van der Waals surface area (Å²) in [6, 6.07) is 6.89. The Kier molecular flexibility index (Phi) is 5.13. The van der Waals surface area contributed by atoms with E-state index in [2.05, 4.69) is 27.1 Å². The second kappa shape index (κ2) is 7.27. The van der Waals surface area contributed by atoms with Gasteiger partial charge in [-0.25, -0.2) is 4.98 Å². The van der Waals surface area contributed by atoms with Crippen molar-refractivity contribution in [3.8, 4) is 11.8 Å². The molecule has 0 spiro atoms. The third-order valence-electron chi connectivity index (χ3n) is 3.04. The van der Waals surface area contributed by atoms with Gasteiger partial charge in [0.05, 0.1) is 11.6 Å². The Bertz CT molecular complexity index is 654. The topological polar surface area (TPSA) is 78.0 Å². The molecule has 2 rings (SSSR count). The van der Waals surface area contributed by atoms with Gasteiger partial charge in [-0.15, -0.1) is 0 Å². The molecule has 1 heterocycles. The highest BCUT2D eigenvalue weighted by Gasteiger charge is 2.17. The van der Waals surface area contributed by atoms with Crippen molar-refractivity contribution >= 4 is 5.91 Å². The van der Waals surface area contributed by atoms with Crippen molar-refractivity contribution in [3.63, 3.8) is 0 Å². The average molecular weight is 283 g/mol. The minimum Gasteiger partial charge on any atom is -0.384 e. The van der Waals surface area contributed by atoms with Crippen LogP contribution in [0.1, 0.15) is 41.1 Å². The van der Waals surface area contributed by atoms with Gasteiger partial charge in [-0.2, -0.15) is 0 Å². The highest BCUT2D eigenvalue weighted by atomic mass is 16.2. The maximum absolute atomic E-state index is 12.4. The summed E-state index contributed by atoms with van der Waals surface area (Å²) in [6.07, 6.45) is 4.11. The average Bonchev–Trinajstić information content (AvgIpc) is 3.04. The van der Waals surface area contributed by atoms with E-state index < -0.39 is 0 Å². The molecule has 21 heavy (non-hydrogen) atoms. The number of H-pyrrole nitrogens is 1. The molecular formula is C16H17N3O2. The van der Waals surface area contributed by atoms with Crippen LogP contribution < -0.4 is 5.32 Å². The van der Waals surface area contributed by atoms with Gasteiger partial charge < -0.3 is 15.4 Å². The van der Waals surface area contributed by atoms with Crippen LogP contribution in [-0.2, 0) is 0 Å². The monoisotopic (exact) mass is 283 g/mol. The quantitative estimate of drug-likeness (QED) is 0.746. The summed E-state index contributed by atoms with van der Waals surface area (Å²) < 4.78 is 0. The number of aromatic nitrogens is 2. The fourth-order valence-corrected chi connectivity index (χ4v) is 1.99. The summed E-state index contributed by atoms with van der Waals surface area (Å²) in [4.78, 5) is 19.6. The van der Waals surface area contributed by atoms with Crippen molar-refractivity contribution in [1.82, 2.24) is 15.3 Å². The normalized spacial score (nSPS) is 11.3. The number of rotatable bonds is 4. The Labute approximate surface area is 123 Å². The molecule has 1 unspecified atom stereocenters. The molecule has 0 saturated carbocycles. The van der Waals surface area contributed by atoms with Gasteiger partial charge in [0, 0.05) is 18.0 Å². The molecule has 0 bridgehead atoms. The first-order valence-electron chi connectivity index (χ1n) is 6.75. The van der Waals surface area contributed by atoms with E-state index in [-0.39, 0.29) is 18.6 Å². The highest BCUT2D eigenvalue weighted by Crippen LogP contribution is 2.14. The van der Waals surface area contributed by atoms with Gasteiger partial charge in [-0.05, 0) is 18.6 Å². The molecule has 108 valence electrons. The molecule has 1 aromatic carbocycles. The smallest absolute Gasteiger partial charge is 0.253 e. The number of imidazole rings is 1. The van der Waals surface area contributed by atoms with Gasteiger partial charge >= 0.3 is 0 Å². The largest absolute Gasteiger partial charge is 0.384 e. The summed E-state index contributed by atoms with van der Waals surface area (Å²) in [5.41, 5.74) is 1.09. The molecule has 2 aromatic rings. The number of hydrogen-bond donors (Lipinski definition) is 3. The number of carbonyl (C=O) groups is 1. The van der Waals surface area contributed by atoms with Crippen molar-refractivity contribution in [2.24, 2.45) is 0 Å². The molecule has 1 atom stereocenters. The third kappa shape index (κ3) is 3.71. The lowest BCUT2D eigenvalue weighted by Gasteiger charge is -2.15. The number of nitrogens with zero attached hydrogens (tertiary/aromatic N) is 1. The van der Waals surface area contributed by atoms with E-state index in [1.807, 2.05) is 13.0 Å². The Morgan fingerprint density at radius 3 is 2.95 bits per heavy atom. The van der Waals surface area contributed by atoms with Crippen molar-refractivity contribution in [2.75, 3.05) is 6.61 Å². The van der Waals surface area contributed by atoms with Crippen LogP contribution in [-0.4, -0.2) is 27.6 Å². The lowest BCUT2D eigenvalue weighted by molar-refractivity contribution is 0.0933. The minimum absolute atomic E-state index is 0.175. The summed E-state index contributed by atoms with van der Waals surface area (Å²) in [7, 11) is 0. The lowest BCUT2D eigenvalue weighted by atomic mass is 10.1. The van der Waals surface area contributed by atoms with E-state index in [0.29, 0.717) is 11.1 Å². The Balaban J connectivity index is 2.20. The molecule has 5 heteroatoms. The predicted octanol–water partition coefficient (Wildman–Crippen LogP) is 1.63. The van der Waals surface area contributed by atoms with E-state index in [9.17, 15) is 4.79 Å². The van der Waals surface area contributed by atoms with Crippen LogP contribution in [0, 0.1) is 11.8 Å². The van der Waals surface area contributed by atoms with E-state index >= 15 is 0 Å². The number of aromatic amines is 1. The lowest BCUT2D eigenvalue weighted by Crippen LogP contribution is -2.29. The van der Waals surface area contributed by atoms with Gasteiger partial charge in [0.25, 0.3) is 5.91 Å². The summed E-state index contributed by atoms with van der Waals surface area (Å²) in [5.74, 6) is 5.87.